The first-order valence-corrected chi connectivity index (χ1v) is 6.03. The number of rotatable bonds is 5. The van der Waals surface area contributed by atoms with Gasteiger partial charge in [-0.25, -0.2) is 9.37 Å². The van der Waals surface area contributed by atoms with Crippen LogP contribution in [0, 0.1) is 5.82 Å². The van der Waals surface area contributed by atoms with Gasteiger partial charge < -0.3 is 9.30 Å². The molecule has 4 nitrogen and oxygen atoms in total. The van der Waals surface area contributed by atoms with Crippen LogP contribution < -0.4 is 4.74 Å². The second-order valence-electron chi connectivity index (χ2n) is 4.05. The van der Waals surface area contributed by atoms with Gasteiger partial charge in [-0.1, -0.05) is 6.07 Å². The molecule has 0 unspecified atom stereocenters. The number of halogens is 1. The van der Waals surface area contributed by atoms with E-state index < -0.39 is 5.82 Å². The Morgan fingerprint density at radius 2 is 2.26 bits per heavy atom. The smallest absolute Gasteiger partial charge is 0.177 e. The van der Waals surface area contributed by atoms with E-state index in [1.807, 2.05) is 11.5 Å². The van der Waals surface area contributed by atoms with Crippen LogP contribution in [0.5, 0.6) is 5.75 Å². The molecule has 5 heteroatoms. The molecule has 100 valence electrons. The van der Waals surface area contributed by atoms with Crippen LogP contribution in [0.15, 0.2) is 30.6 Å². The second kappa shape index (κ2) is 5.65. The summed E-state index contributed by atoms with van der Waals surface area (Å²) >= 11 is 0. The van der Waals surface area contributed by atoms with E-state index >= 15 is 0 Å². The van der Waals surface area contributed by atoms with Crippen molar-refractivity contribution >= 4 is 5.78 Å². The summed E-state index contributed by atoms with van der Waals surface area (Å²) in [5.74, 6) is -0.0350. The van der Waals surface area contributed by atoms with Crippen LogP contribution in [-0.2, 0) is 13.0 Å². The number of imidazole rings is 1. The Morgan fingerprint density at radius 1 is 1.47 bits per heavy atom. The lowest BCUT2D eigenvalue weighted by molar-refractivity contribution is 0.0982. The number of aromatic nitrogens is 2. The highest BCUT2D eigenvalue weighted by atomic mass is 19.1. The van der Waals surface area contributed by atoms with E-state index in [0.717, 1.165) is 6.54 Å². The fourth-order valence-electron chi connectivity index (χ4n) is 1.97. The third kappa shape index (κ3) is 2.65. The van der Waals surface area contributed by atoms with Crippen molar-refractivity contribution in [1.29, 1.82) is 0 Å². The second-order valence-corrected chi connectivity index (χ2v) is 4.05. The predicted octanol–water partition coefficient (Wildman–Crippen LogP) is 2.48. The topological polar surface area (TPSA) is 44.1 Å². The van der Waals surface area contributed by atoms with Crippen molar-refractivity contribution in [3.05, 3.63) is 47.8 Å². The molecule has 19 heavy (non-hydrogen) atoms. The van der Waals surface area contributed by atoms with Crippen molar-refractivity contribution in [2.24, 2.45) is 0 Å². The first-order chi connectivity index (χ1) is 9.17. The minimum Gasteiger partial charge on any atom is -0.496 e. The maximum atomic E-state index is 13.8. The lowest BCUT2D eigenvalue weighted by Gasteiger charge is -2.09. The van der Waals surface area contributed by atoms with Crippen LogP contribution >= 0.6 is 0 Å². The van der Waals surface area contributed by atoms with Crippen LogP contribution in [0.4, 0.5) is 4.39 Å². The summed E-state index contributed by atoms with van der Waals surface area (Å²) in [7, 11) is 1.42. The molecule has 0 aliphatic heterocycles. The molecule has 1 heterocycles. The van der Waals surface area contributed by atoms with E-state index in [9.17, 15) is 9.18 Å². The lowest BCUT2D eigenvalue weighted by atomic mass is 10.1. The number of aryl methyl sites for hydroxylation is 1. The quantitative estimate of drug-likeness (QED) is 0.777. The first-order valence-electron chi connectivity index (χ1n) is 6.03. The molecule has 0 saturated carbocycles. The minimum absolute atomic E-state index is 0.0179. The van der Waals surface area contributed by atoms with Crippen molar-refractivity contribution in [2.75, 3.05) is 7.11 Å². The molecule has 1 aromatic carbocycles. The van der Waals surface area contributed by atoms with E-state index in [2.05, 4.69) is 4.98 Å². The zero-order valence-corrected chi connectivity index (χ0v) is 10.9. The summed E-state index contributed by atoms with van der Waals surface area (Å²) in [6.45, 7) is 2.68. The zero-order valence-electron chi connectivity index (χ0n) is 10.9. The normalized spacial score (nSPS) is 10.5. The minimum atomic E-state index is -0.570. The van der Waals surface area contributed by atoms with Gasteiger partial charge in [-0.2, -0.15) is 0 Å². The van der Waals surface area contributed by atoms with Gasteiger partial charge in [0.05, 0.1) is 19.1 Å². The first kappa shape index (κ1) is 13.3. The number of carbonyl (C=O) groups excluding carboxylic acids is 1. The van der Waals surface area contributed by atoms with E-state index in [0.29, 0.717) is 5.82 Å². The van der Waals surface area contributed by atoms with Gasteiger partial charge in [0.2, 0.25) is 0 Å². The Bertz CT molecular complexity index is 593. The average molecular weight is 262 g/mol. The molecule has 2 aromatic rings. The predicted molar refractivity (Wildman–Crippen MR) is 68.9 cm³/mol. The van der Waals surface area contributed by atoms with Crippen LogP contribution in [0.25, 0.3) is 0 Å². The molecule has 1 aromatic heterocycles. The third-order valence-electron chi connectivity index (χ3n) is 2.94. The Kier molecular flexibility index (Phi) is 3.94. The largest absolute Gasteiger partial charge is 0.496 e. The van der Waals surface area contributed by atoms with E-state index in [1.54, 1.807) is 18.5 Å². The standard InChI is InChI=1S/C14H15FN2O2/c1-3-17-8-7-16-13(17)9-11(18)14-10(15)5-4-6-12(14)19-2/h4-8H,3,9H2,1-2H3. The number of hydrogen-bond acceptors (Lipinski definition) is 3. The van der Waals surface area contributed by atoms with Gasteiger partial charge in [0.1, 0.15) is 17.4 Å². The Balaban J connectivity index is 2.30. The van der Waals surface area contributed by atoms with Crippen LogP contribution in [0.3, 0.4) is 0 Å². The van der Waals surface area contributed by atoms with Crippen molar-refractivity contribution in [1.82, 2.24) is 9.55 Å². The molecular formula is C14H15FN2O2. The molecule has 0 bridgehead atoms. The summed E-state index contributed by atoms with van der Waals surface area (Å²) in [6, 6.07) is 4.34. The van der Waals surface area contributed by atoms with E-state index in [1.165, 1.54) is 19.2 Å². The van der Waals surface area contributed by atoms with E-state index in [-0.39, 0.29) is 23.5 Å². The fourth-order valence-corrected chi connectivity index (χ4v) is 1.97. The maximum Gasteiger partial charge on any atom is 0.177 e. The van der Waals surface area contributed by atoms with Crippen LogP contribution in [0.1, 0.15) is 23.1 Å². The lowest BCUT2D eigenvalue weighted by Crippen LogP contribution is -2.12. The number of ether oxygens (including phenoxy) is 1. The van der Waals surface area contributed by atoms with Crippen molar-refractivity contribution in [2.45, 2.75) is 19.9 Å². The molecular weight excluding hydrogens is 247 g/mol. The molecule has 0 atom stereocenters. The van der Waals surface area contributed by atoms with Gasteiger partial charge in [-0.3, -0.25) is 4.79 Å². The Hall–Kier alpha value is -2.17. The highest BCUT2D eigenvalue weighted by Gasteiger charge is 2.19. The third-order valence-corrected chi connectivity index (χ3v) is 2.94. The number of methoxy groups -OCH3 is 1. The molecule has 0 N–H and O–H groups in total. The van der Waals surface area contributed by atoms with Gasteiger partial charge in [-0.15, -0.1) is 0 Å². The number of hydrogen-bond donors (Lipinski definition) is 0. The number of ketones is 1. The number of Topliss-reactive ketones (excluding diaryl/α,β-unsaturated/α-hetero) is 1. The molecule has 0 spiro atoms. The molecule has 0 fully saturated rings. The zero-order chi connectivity index (χ0) is 13.8. The SMILES string of the molecule is CCn1ccnc1CC(=O)c1c(F)cccc1OC. The van der Waals surface area contributed by atoms with Gasteiger partial charge in [-0.05, 0) is 19.1 Å². The monoisotopic (exact) mass is 262 g/mol. The van der Waals surface area contributed by atoms with Gasteiger partial charge >= 0.3 is 0 Å². The molecule has 2 rings (SSSR count). The Morgan fingerprint density at radius 3 is 2.95 bits per heavy atom. The van der Waals surface area contributed by atoms with Crippen molar-refractivity contribution < 1.29 is 13.9 Å². The van der Waals surface area contributed by atoms with Crippen molar-refractivity contribution in [3.63, 3.8) is 0 Å². The fraction of sp³-hybridized carbons (Fsp3) is 0.286. The molecule has 0 aliphatic carbocycles. The summed E-state index contributed by atoms with van der Waals surface area (Å²) in [5, 5.41) is 0. The highest BCUT2D eigenvalue weighted by Crippen LogP contribution is 2.22. The van der Waals surface area contributed by atoms with E-state index in [4.69, 9.17) is 4.74 Å². The van der Waals surface area contributed by atoms with Gasteiger partial charge in [0, 0.05) is 18.9 Å². The molecule has 0 radical (unpaired) electrons. The summed E-state index contributed by atoms with van der Waals surface area (Å²) in [5.41, 5.74) is -0.0179. The maximum absolute atomic E-state index is 13.8. The van der Waals surface area contributed by atoms with Gasteiger partial charge in [0.15, 0.2) is 5.78 Å². The number of benzene rings is 1. The molecule has 0 saturated heterocycles. The van der Waals surface area contributed by atoms with Gasteiger partial charge in [0.25, 0.3) is 0 Å². The van der Waals surface area contributed by atoms with Crippen LogP contribution in [-0.4, -0.2) is 22.4 Å². The highest BCUT2D eigenvalue weighted by molar-refractivity contribution is 5.99. The Labute approximate surface area is 110 Å². The number of nitrogens with zero attached hydrogens (tertiary/aromatic N) is 2. The molecule has 0 aliphatic rings. The van der Waals surface area contributed by atoms with Crippen LogP contribution in [0.2, 0.25) is 0 Å². The summed E-state index contributed by atoms with van der Waals surface area (Å²) < 4.78 is 20.7. The number of carbonyl (C=O) groups is 1. The summed E-state index contributed by atoms with van der Waals surface area (Å²) in [4.78, 5) is 16.3. The molecule has 0 amide bonds. The van der Waals surface area contributed by atoms with Crippen molar-refractivity contribution in [3.8, 4) is 5.75 Å². The summed E-state index contributed by atoms with van der Waals surface area (Å²) in [6.07, 6.45) is 3.48. The average Bonchev–Trinajstić information content (AvgIpc) is 2.85.